The van der Waals surface area contributed by atoms with E-state index < -0.39 is 35.9 Å². The molecule has 2 heterocycles. The predicted molar refractivity (Wildman–Crippen MR) is 128 cm³/mol. The summed E-state index contributed by atoms with van der Waals surface area (Å²) < 4.78 is 23.1. The minimum Gasteiger partial charge on any atom is -0.503 e. The average molecular weight is 487 g/mol. The van der Waals surface area contributed by atoms with E-state index in [-0.39, 0.29) is 36.5 Å². The second kappa shape index (κ2) is 12.5. The minimum absolute atomic E-state index is 0.105. The second-order valence-corrected chi connectivity index (χ2v) is 8.96. The zero-order valence-corrected chi connectivity index (χ0v) is 20.6. The molecule has 1 saturated heterocycles. The highest BCUT2D eigenvalue weighted by Gasteiger charge is 2.36. The van der Waals surface area contributed by atoms with Gasteiger partial charge in [-0.15, -0.1) is 0 Å². The van der Waals surface area contributed by atoms with Crippen LogP contribution < -0.4 is 10.1 Å². The van der Waals surface area contributed by atoms with E-state index >= 15 is 0 Å². The maximum atomic E-state index is 13.0. The van der Waals surface area contributed by atoms with Crippen LogP contribution in [-0.2, 0) is 25.4 Å². The van der Waals surface area contributed by atoms with Crippen LogP contribution in [0.5, 0.6) is 11.5 Å². The number of methoxy groups -OCH3 is 1. The van der Waals surface area contributed by atoms with Crippen molar-refractivity contribution in [2.75, 3.05) is 20.3 Å². The first-order valence-electron chi connectivity index (χ1n) is 11.8. The molecule has 0 aliphatic carbocycles. The molecule has 2 aromatic rings. The monoisotopic (exact) mass is 486 g/mol. The highest BCUT2D eigenvalue weighted by molar-refractivity contribution is 5.97. The Morgan fingerprint density at radius 2 is 2.00 bits per heavy atom. The van der Waals surface area contributed by atoms with E-state index in [0.717, 1.165) is 5.56 Å². The number of carbonyl (C=O) groups is 2. The Hall–Kier alpha value is -3.17. The van der Waals surface area contributed by atoms with Crippen molar-refractivity contribution in [3.8, 4) is 11.5 Å². The number of amides is 1. The molecule has 1 fully saturated rings. The molecule has 0 saturated carbocycles. The number of cyclic esters (lactones) is 1. The molecule has 0 bridgehead atoms. The van der Waals surface area contributed by atoms with Gasteiger partial charge in [-0.2, -0.15) is 0 Å². The summed E-state index contributed by atoms with van der Waals surface area (Å²) >= 11 is 0. The van der Waals surface area contributed by atoms with Crippen LogP contribution in [0.2, 0.25) is 0 Å². The van der Waals surface area contributed by atoms with E-state index in [2.05, 4.69) is 10.3 Å². The Bertz CT molecular complexity index is 983. The fourth-order valence-corrected chi connectivity index (χ4v) is 3.88. The van der Waals surface area contributed by atoms with Crippen molar-refractivity contribution in [3.05, 3.63) is 53.9 Å². The third-order valence-corrected chi connectivity index (χ3v) is 5.68. The zero-order chi connectivity index (χ0) is 25.4. The molecule has 1 aromatic heterocycles. The molecule has 2 N–H and O–H groups in total. The second-order valence-electron chi connectivity index (χ2n) is 8.96. The SMILES string of the molecule is COc1ccnc(C(=O)N[C@H]2CCO[C@H](Cc3ccccc3)[C@@H](OCC(C)C)[C@H](C)OC2=O)c1O. The number of aromatic hydroxyl groups is 1. The maximum Gasteiger partial charge on any atom is 0.329 e. The molecule has 9 nitrogen and oxygen atoms in total. The predicted octanol–water partition coefficient (Wildman–Crippen LogP) is 2.90. The van der Waals surface area contributed by atoms with Gasteiger partial charge in [0.2, 0.25) is 0 Å². The van der Waals surface area contributed by atoms with Gasteiger partial charge in [-0.05, 0) is 18.4 Å². The van der Waals surface area contributed by atoms with Gasteiger partial charge in [-0.25, -0.2) is 9.78 Å². The molecule has 35 heavy (non-hydrogen) atoms. The van der Waals surface area contributed by atoms with Crippen LogP contribution in [0, 0.1) is 5.92 Å². The Labute approximate surface area is 205 Å². The Balaban J connectivity index is 1.77. The van der Waals surface area contributed by atoms with Crippen LogP contribution in [0.1, 0.15) is 43.2 Å². The lowest BCUT2D eigenvalue weighted by Crippen LogP contribution is -2.46. The molecular weight excluding hydrogens is 452 g/mol. The largest absolute Gasteiger partial charge is 0.503 e. The Morgan fingerprint density at radius 3 is 2.69 bits per heavy atom. The lowest BCUT2D eigenvalue weighted by atomic mass is 10.00. The molecule has 190 valence electrons. The number of rotatable bonds is 8. The maximum absolute atomic E-state index is 13.0. The first kappa shape index (κ1) is 26.4. The van der Waals surface area contributed by atoms with Gasteiger partial charge in [0.1, 0.15) is 18.2 Å². The zero-order valence-electron chi connectivity index (χ0n) is 20.6. The number of ether oxygens (including phenoxy) is 4. The van der Waals surface area contributed by atoms with Crippen molar-refractivity contribution in [3.63, 3.8) is 0 Å². The van der Waals surface area contributed by atoms with Crippen LogP contribution in [0.3, 0.4) is 0 Å². The van der Waals surface area contributed by atoms with Gasteiger partial charge in [-0.3, -0.25) is 4.79 Å². The van der Waals surface area contributed by atoms with Crippen LogP contribution in [0.25, 0.3) is 0 Å². The summed E-state index contributed by atoms with van der Waals surface area (Å²) in [5.41, 5.74) is 0.837. The van der Waals surface area contributed by atoms with E-state index in [0.29, 0.717) is 13.0 Å². The van der Waals surface area contributed by atoms with Gasteiger partial charge in [0.05, 0.1) is 13.2 Å². The van der Waals surface area contributed by atoms with E-state index in [9.17, 15) is 14.7 Å². The molecule has 1 amide bonds. The fraction of sp³-hybridized carbons (Fsp3) is 0.500. The number of nitrogens with one attached hydrogen (secondary N) is 1. The normalized spacial score (nSPS) is 23.1. The summed E-state index contributed by atoms with van der Waals surface area (Å²) in [7, 11) is 1.37. The van der Waals surface area contributed by atoms with Crippen molar-refractivity contribution >= 4 is 11.9 Å². The minimum atomic E-state index is -0.987. The summed E-state index contributed by atoms with van der Waals surface area (Å²) in [4.78, 5) is 29.7. The van der Waals surface area contributed by atoms with Crippen molar-refractivity contribution in [1.82, 2.24) is 10.3 Å². The van der Waals surface area contributed by atoms with Crippen LogP contribution >= 0.6 is 0 Å². The third kappa shape index (κ3) is 7.16. The van der Waals surface area contributed by atoms with Gasteiger partial charge >= 0.3 is 5.97 Å². The molecule has 3 rings (SSSR count). The molecule has 4 atom stereocenters. The molecule has 0 spiro atoms. The number of benzene rings is 1. The molecule has 9 heteroatoms. The number of aromatic nitrogens is 1. The molecule has 1 aliphatic rings. The lowest BCUT2D eigenvalue weighted by molar-refractivity contribution is -0.165. The first-order valence-corrected chi connectivity index (χ1v) is 11.8. The van der Waals surface area contributed by atoms with Crippen LogP contribution in [-0.4, -0.2) is 66.6 Å². The van der Waals surface area contributed by atoms with Crippen molar-refractivity contribution in [2.24, 2.45) is 5.92 Å². The number of pyridine rings is 1. The summed E-state index contributed by atoms with van der Waals surface area (Å²) in [6.07, 6.45) is 0.660. The van der Waals surface area contributed by atoms with E-state index in [1.54, 1.807) is 6.92 Å². The summed E-state index contributed by atoms with van der Waals surface area (Å²) in [5.74, 6) is -1.33. The Morgan fingerprint density at radius 1 is 1.26 bits per heavy atom. The smallest absolute Gasteiger partial charge is 0.329 e. The molecule has 0 radical (unpaired) electrons. The summed E-state index contributed by atoms with van der Waals surface area (Å²) in [6.45, 7) is 6.55. The van der Waals surface area contributed by atoms with Crippen molar-refractivity contribution in [1.29, 1.82) is 0 Å². The molecular formula is C26H34N2O7. The van der Waals surface area contributed by atoms with Crippen molar-refractivity contribution in [2.45, 2.75) is 58.0 Å². The van der Waals surface area contributed by atoms with Gasteiger partial charge in [0.25, 0.3) is 5.91 Å². The van der Waals surface area contributed by atoms with Crippen LogP contribution in [0.15, 0.2) is 42.6 Å². The number of esters is 1. The lowest BCUT2D eigenvalue weighted by Gasteiger charge is -2.31. The summed E-state index contributed by atoms with van der Waals surface area (Å²) in [6, 6.07) is 10.4. The number of nitrogens with zero attached hydrogens (tertiary/aromatic N) is 1. The van der Waals surface area contributed by atoms with E-state index in [1.165, 1.54) is 19.4 Å². The van der Waals surface area contributed by atoms with Crippen LogP contribution in [0.4, 0.5) is 0 Å². The highest BCUT2D eigenvalue weighted by Crippen LogP contribution is 2.28. The Kier molecular flexibility index (Phi) is 9.45. The molecule has 1 aromatic carbocycles. The summed E-state index contributed by atoms with van der Waals surface area (Å²) in [5, 5.41) is 12.9. The quantitative estimate of drug-likeness (QED) is 0.547. The molecule has 1 aliphatic heterocycles. The fourth-order valence-electron chi connectivity index (χ4n) is 3.88. The molecule has 0 unspecified atom stereocenters. The number of hydrogen-bond acceptors (Lipinski definition) is 8. The van der Waals surface area contributed by atoms with Crippen molar-refractivity contribution < 1.29 is 33.6 Å². The first-order chi connectivity index (χ1) is 16.8. The average Bonchev–Trinajstić information content (AvgIpc) is 2.87. The van der Waals surface area contributed by atoms with Gasteiger partial charge in [-0.1, -0.05) is 44.2 Å². The highest BCUT2D eigenvalue weighted by atomic mass is 16.6. The van der Waals surface area contributed by atoms with Gasteiger partial charge in [0.15, 0.2) is 17.2 Å². The number of carbonyl (C=O) groups excluding carboxylic acids is 2. The topological polar surface area (TPSA) is 116 Å². The van der Waals surface area contributed by atoms with E-state index in [1.807, 2.05) is 44.2 Å². The third-order valence-electron chi connectivity index (χ3n) is 5.68. The standard InChI is InChI=1S/C26H34N2O7/c1-16(2)15-34-24-17(3)35-26(31)19(11-13-33-21(24)14-18-8-6-5-7-9-18)28-25(30)22-23(29)20(32-4)10-12-27-22/h5-10,12,16-17,19,21,24,29H,11,13-15H2,1-4H3,(H,28,30)/t17-,19-,21+,24-/m0/s1. The van der Waals surface area contributed by atoms with Gasteiger partial charge in [0, 0.05) is 38.3 Å². The van der Waals surface area contributed by atoms with Gasteiger partial charge < -0.3 is 29.4 Å². The van der Waals surface area contributed by atoms with E-state index in [4.69, 9.17) is 18.9 Å². The number of hydrogen-bond donors (Lipinski definition) is 2.